The second-order valence-electron chi connectivity index (χ2n) is 5.26. The zero-order chi connectivity index (χ0) is 17.9. The number of sulfonamides is 1. The lowest BCUT2D eigenvalue weighted by Gasteiger charge is -2.23. The van der Waals surface area contributed by atoms with Gasteiger partial charge >= 0.3 is 0 Å². The van der Waals surface area contributed by atoms with Gasteiger partial charge in [0.2, 0.25) is 15.9 Å². The largest absolute Gasteiger partial charge is 0.325 e. The third kappa shape index (κ3) is 4.96. The van der Waals surface area contributed by atoms with Gasteiger partial charge in [0.05, 0.1) is 11.9 Å². The highest BCUT2D eigenvalue weighted by molar-refractivity contribution is 9.10. The molecule has 2 rings (SSSR count). The third-order valence-corrected chi connectivity index (χ3v) is 5.13. The van der Waals surface area contributed by atoms with Gasteiger partial charge in [-0.05, 0) is 55.0 Å². The van der Waals surface area contributed by atoms with Crippen LogP contribution in [0.15, 0.2) is 46.9 Å². The van der Waals surface area contributed by atoms with E-state index in [0.717, 1.165) is 15.0 Å². The van der Waals surface area contributed by atoms with Crippen LogP contribution in [-0.2, 0) is 14.8 Å². The Labute approximate surface area is 154 Å². The predicted molar refractivity (Wildman–Crippen MR) is 101 cm³/mol. The van der Waals surface area contributed by atoms with Crippen LogP contribution < -0.4 is 9.62 Å². The van der Waals surface area contributed by atoms with Gasteiger partial charge in [0, 0.05) is 15.2 Å². The summed E-state index contributed by atoms with van der Waals surface area (Å²) in [7, 11) is -3.63. The van der Waals surface area contributed by atoms with Crippen molar-refractivity contribution < 1.29 is 13.2 Å². The number of hydrogen-bond acceptors (Lipinski definition) is 3. The predicted octanol–water partition coefficient (Wildman–Crippen LogP) is 3.82. The Morgan fingerprint density at radius 3 is 2.38 bits per heavy atom. The average molecular weight is 432 g/mol. The molecule has 0 unspecified atom stereocenters. The highest BCUT2D eigenvalue weighted by Gasteiger charge is 2.22. The van der Waals surface area contributed by atoms with Crippen LogP contribution in [0.3, 0.4) is 0 Å². The summed E-state index contributed by atoms with van der Waals surface area (Å²) in [5, 5.41) is 3.18. The van der Waals surface area contributed by atoms with Gasteiger partial charge in [0.1, 0.15) is 6.54 Å². The number of amides is 1. The smallest absolute Gasteiger partial charge is 0.245 e. The molecule has 0 radical (unpaired) electrons. The molecule has 5 nitrogen and oxygen atoms in total. The number of hydrogen-bond donors (Lipinski definition) is 1. The van der Waals surface area contributed by atoms with Crippen molar-refractivity contribution in [1.82, 2.24) is 0 Å². The van der Waals surface area contributed by atoms with Gasteiger partial charge in [-0.3, -0.25) is 9.10 Å². The topological polar surface area (TPSA) is 66.5 Å². The molecular weight excluding hydrogens is 416 g/mol. The van der Waals surface area contributed by atoms with E-state index in [2.05, 4.69) is 21.2 Å². The lowest BCUT2D eigenvalue weighted by Crippen LogP contribution is -2.37. The molecule has 0 spiro atoms. The normalized spacial score (nSPS) is 11.2. The van der Waals surface area contributed by atoms with E-state index >= 15 is 0 Å². The van der Waals surface area contributed by atoms with E-state index in [1.807, 2.05) is 0 Å². The molecule has 0 atom stereocenters. The zero-order valence-corrected chi connectivity index (χ0v) is 16.2. The van der Waals surface area contributed by atoms with Crippen molar-refractivity contribution in [3.8, 4) is 0 Å². The van der Waals surface area contributed by atoms with E-state index in [0.29, 0.717) is 22.0 Å². The van der Waals surface area contributed by atoms with Gasteiger partial charge in [-0.1, -0.05) is 27.5 Å². The first-order valence-electron chi connectivity index (χ1n) is 6.96. The van der Waals surface area contributed by atoms with E-state index in [1.165, 1.54) is 0 Å². The maximum Gasteiger partial charge on any atom is 0.245 e. The molecule has 0 saturated carbocycles. The molecule has 0 heterocycles. The molecule has 0 aromatic heterocycles. The summed E-state index contributed by atoms with van der Waals surface area (Å²) in [4.78, 5) is 12.3. The van der Waals surface area contributed by atoms with Crippen molar-refractivity contribution in [2.75, 3.05) is 22.4 Å². The van der Waals surface area contributed by atoms with Crippen molar-refractivity contribution in [3.63, 3.8) is 0 Å². The standard InChI is InChI=1S/C16H16BrClN2O3S/c1-11-9-13(18)5-8-15(11)20(24(2,22)23)10-16(21)19-14-6-3-12(17)4-7-14/h3-9H,10H2,1-2H3,(H,19,21). The number of aryl methyl sites for hydroxylation is 1. The van der Waals surface area contributed by atoms with Crippen LogP contribution in [0.25, 0.3) is 0 Å². The zero-order valence-electron chi connectivity index (χ0n) is 13.1. The number of carbonyl (C=O) groups is 1. The van der Waals surface area contributed by atoms with Crippen LogP contribution in [-0.4, -0.2) is 27.1 Å². The van der Waals surface area contributed by atoms with Gasteiger partial charge in [-0.25, -0.2) is 8.42 Å². The number of halogens is 2. The first-order valence-corrected chi connectivity index (χ1v) is 9.98. The highest BCUT2D eigenvalue weighted by atomic mass is 79.9. The minimum atomic E-state index is -3.63. The van der Waals surface area contributed by atoms with Gasteiger partial charge in [0.25, 0.3) is 0 Å². The van der Waals surface area contributed by atoms with Crippen molar-refractivity contribution in [2.24, 2.45) is 0 Å². The Bertz CT molecular complexity index is 854. The maximum atomic E-state index is 12.3. The van der Waals surface area contributed by atoms with Gasteiger partial charge in [0.15, 0.2) is 0 Å². The summed E-state index contributed by atoms with van der Waals surface area (Å²) in [6, 6.07) is 11.9. The van der Waals surface area contributed by atoms with E-state index in [1.54, 1.807) is 49.4 Å². The van der Waals surface area contributed by atoms with E-state index in [9.17, 15) is 13.2 Å². The van der Waals surface area contributed by atoms with Crippen LogP contribution >= 0.6 is 27.5 Å². The van der Waals surface area contributed by atoms with Gasteiger partial charge < -0.3 is 5.32 Å². The molecule has 0 aliphatic heterocycles. The fourth-order valence-electron chi connectivity index (χ4n) is 2.14. The minimum absolute atomic E-state index is 0.322. The van der Waals surface area contributed by atoms with E-state index in [-0.39, 0.29) is 6.54 Å². The van der Waals surface area contributed by atoms with Crippen molar-refractivity contribution >= 4 is 54.8 Å². The van der Waals surface area contributed by atoms with Crippen molar-refractivity contribution in [2.45, 2.75) is 6.92 Å². The third-order valence-electron chi connectivity index (χ3n) is 3.24. The molecule has 2 aromatic rings. The van der Waals surface area contributed by atoms with Crippen LogP contribution in [0, 0.1) is 6.92 Å². The van der Waals surface area contributed by atoms with Crippen molar-refractivity contribution in [1.29, 1.82) is 0 Å². The first-order chi connectivity index (χ1) is 11.2. The van der Waals surface area contributed by atoms with Crippen molar-refractivity contribution in [3.05, 3.63) is 57.5 Å². The number of anilines is 2. The molecule has 1 N–H and O–H groups in total. The second-order valence-corrected chi connectivity index (χ2v) is 8.51. The Hall–Kier alpha value is -1.57. The molecule has 0 aliphatic rings. The molecule has 2 aromatic carbocycles. The Balaban J connectivity index is 2.23. The molecule has 1 amide bonds. The number of rotatable bonds is 5. The number of nitrogens with one attached hydrogen (secondary N) is 1. The van der Waals surface area contributed by atoms with E-state index < -0.39 is 15.9 Å². The summed E-state index contributed by atoms with van der Waals surface area (Å²) in [5.74, 6) is -0.433. The Kier molecular flexibility index (Phi) is 5.90. The molecular formula is C16H16BrClN2O3S. The molecule has 0 aliphatic carbocycles. The second kappa shape index (κ2) is 7.55. The Morgan fingerprint density at radius 2 is 1.83 bits per heavy atom. The lowest BCUT2D eigenvalue weighted by molar-refractivity contribution is -0.114. The van der Waals surface area contributed by atoms with Gasteiger partial charge in [-0.15, -0.1) is 0 Å². The molecule has 24 heavy (non-hydrogen) atoms. The van der Waals surface area contributed by atoms with Crippen LogP contribution in [0.1, 0.15) is 5.56 Å². The maximum absolute atomic E-state index is 12.3. The molecule has 128 valence electrons. The minimum Gasteiger partial charge on any atom is -0.325 e. The summed E-state index contributed by atoms with van der Waals surface area (Å²) in [6.45, 7) is 1.42. The molecule has 0 bridgehead atoms. The summed E-state index contributed by atoms with van der Waals surface area (Å²) < 4.78 is 26.2. The highest BCUT2D eigenvalue weighted by Crippen LogP contribution is 2.25. The summed E-state index contributed by atoms with van der Waals surface area (Å²) >= 11 is 9.22. The van der Waals surface area contributed by atoms with Crippen LogP contribution in [0.4, 0.5) is 11.4 Å². The fourth-order valence-corrected chi connectivity index (χ4v) is 3.55. The number of carbonyl (C=O) groups excluding carboxylic acids is 1. The van der Waals surface area contributed by atoms with E-state index in [4.69, 9.17) is 11.6 Å². The average Bonchev–Trinajstić information content (AvgIpc) is 2.47. The Morgan fingerprint density at radius 1 is 1.21 bits per heavy atom. The number of benzene rings is 2. The summed E-state index contributed by atoms with van der Waals surface area (Å²) in [6.07, 6.45) is 1.06. The number of nitrogens with zero attached hydrogens (tertiary/aromatic N) is 1. The SMILES string of the molecule is Cc1cc(Cl)ccc1N(CC(=O)Nc1ccc(Br)cc1)S(C)(=O)=O. The lowest BCUT2D eigenvalue weighted by atomic mass is 10.2. The fraction of sp³-hybridized carbons (Fsp3) is 0.188. The van der Waals surface area contributed by atoms with Crippen LogP contribution in [0.2, 0.25) is 5.02 Å². The quantitative estimate of drug-likeness (QED) is 0.783. The van der Waals surface area contributed by atoms with Crippen LogP contribution in [0.5, 0.6) is 0 Å². The molecule has 0 fully saturated rings. The monoisotopic (exact) mass is 430 g/mol. The van der Waals surface area contributed by atoms with Gasteiger partial charge in [-0.2, -0.15) is 0 Å². The molecule has 0 saturated heterocycles. The molecule has 8 heteroatoms. The summed E-state index contributed by atoms with van der Waals surface area (Å²) in [5.41, 5.74) is 1.68. The first kappa shape index (κ1) is 18.8.